The lowest BCUT2D eigenvalue weighted by molar-refractivity contribution is 0.201. The Hall–Kier alpha value is -2.93. The highest BCUT2D eigenvalue weighted by Gasteiger charge is 2.16. The maximum atomic E-state index is 5.26. The van der Waals surface area contributed by atoms with Gasteiger partial charge in [0.25, 0.3) is 0 Å². The van der Waals surface area contributed by atoms with Gasteiger partial charge in [0.05, 0.1) is 19.4 Å². The van der Waals surface area contributed by atoms with Gasteiger partial charge < -0.3 is 14.8 Å². The third-order valence-electron chi connectivity index (χ3n) is 3.87. The number of hydrogen-bond donors (Lipinski definition) is 1. The van der Waals surface area contributed by atoms with E-state index in [0.717, 1.165) is 28.4 Å². The third kappa shape index (κ3) is 3.61. The monoisotopic (exact) mass is 339 g/mol. The molecule has 7 heteroatoms. The number of imidazole rings is 1. The minimum Gasteiger partial charge on any atom is -0.497 e. The van der Waals surface area contributed by atoms with Crippen LogP contribution in [0, 0.1) is 0 Å². The highest BCUT2D eigenvalue weighted by molar-refractivity contribution is 5.78. The molecule has 2 heterocycles. The van der Waals surface area contributed by atoms with E-state index in [1.54, 1.807) is 31.3 Å². The van der Waals surface area contributed by atoms with Gasteiger partial charge in [-0.2, -0.15) is 4.98 Å². The van der Waals surface area contributed by atoms with Gasteiger partial charge in [-0.05, 0) is 17.7 Å². The number of ether oxygens (including phenoxy) is 2. The van der Waals surface area contributed by atoms with Crippen LogP contribution in [0.15, 0.2) is 43.0 Å². The third-order valence-corrected chi connectivity index (χ3v) is 3.87. The predicted molar refractivity (Wildman–Crippen MR) is 96.3 cm³/mol. The zero-order valence-electron chi connectivity index (χ0n) is 14.6. The van der Waals surface area contributed by atoms with Gasteiger partial charge in [-0.3, -0.25) is 4.57 Å². The SMILES string of the molecule is CNc1nc(-n2ccnc2)nc(CCOC)c1-c1ccc(OC)cc1. The first kappa shape index (κ1) is 16.9. The second-order valence-electron chi connectivity index (χ2n) is 5.39. The fourth-order valence-corrected chi connectivity index (χ4v) is 2.61. The summed E-state index contributed by atoms with van der Waals surface area (Å²) < 4.78 is 12.3. The van der Waals surface area contributed by atoms with E-state index in [-0.39, 0.29) is 0 Å². The molecule has 7 nitrogen and oxygen atoms in total. The molecule has 0 unspecified atom stereocenters. The summed E-state index contributed by atoms with van der Waals surface area (Å²) in [5, 5.41) is 3.18. The molecule has 1 N–H and O–H groups in total. The molecule has 0 fully saturated rings. The molecule has 0 saturated heterocycles. The van der Waals surface area contributed by atoms with Crippen molar-refractivity contribution in [1.29, 1.82) is 0 Å². The van der Waals surface area contributed by atoms with E-state index >= 15 is 0 Å². The minimum absolute atomic E-state index is 0.574. The zero-order chi connectivity index (χ0) is 17.6. The van der Waals surface area contributed by atoms with Crippen molar-refractivity contribution in [3.8, 4) is 22.8 Å². The molecule has 0 aliphatic carbocycles. The summed E-state index contributed by atoms with van der Waals surface area (Å²) in [6.07, 6.45) is 5.88. The van der Waals surface area contributed by atoms with Crippen LogP contribution >= 0.6 is 0 Å². The van der Waals surface area contributed by atoms with Crippen molar-refractivity contribution in [1.82, 2.24) is 19.5 Å². The summed E-state index contributed by atoms with van der Waals surface area (Å²) in [5.41, 5.74) is 2.90. The molecular weight excluding hydrogens is 318 g/mol. The molecule has 1 aromatic carbocycles. The van der Waals surface area contributed by atoms with E-state index in [1.807, 2.05) is 37.5 Å². The Morgan fingerprint density at radius 1 is 1.12 bits per heavy atom. The topological polar surface area (TPSA) is 74.1 Å². The lowest BCUT2D eigenvalue weighted by Gasteiger charge is -2.16. The highest BCUT2D eigenvalue weighted by Crippen LogP contribution is 2.31. The van der Waals surface area contributed by atoms with Crippen molar-refractivity contribution < 1.29 is 9.47 Å². The predicted octanol–water partition coefficient (Wildman–Crippen LogP) is 2.57. The maximum absolute atomic E-state index is 5.26. The molecule has 3 rings (SSSR count). The molecule has 0 spiro atoms. The Morgan fingerprint density at radius 2 is 1.92 bits per heavy atom. The molecule has 0 aliphatic rings. The Labute approximate surface area is 146 Å². The summed E-state index contributed by atoms with van der Waals surface area (Å²) in [5.74, 6) is 2.14. The van der Waals surface area contributed by atoms with Crippen LogP contribution in [0.4, 0.5) is 5.82 Å². The van der Waals surface area contributed by atoms with Crippen molar-refractivity contribution in [3.05, 3.63) is 48.7 Å². The van der Waals surface area contributed by atoms with Crippen molar-refractivity contribution in [2.45, 2.75) is 6.42 Å². The van der Waals surface area contributed by atoms with Gasteiger partial charge in [-0.25, -0.2) is 9.97 Å². The average Bonchev–Trinajstić information content (AvgIpc) is 3.20. The van der Waals surface area contributed by atoms with Crippen LogP contribution in [0.25, 0.3) is 17.1 Å². The van der Waals surface area contributed by atoms with Crippen LogP contribution in [0.1, 0.15) is 5.69 Å². The minimum atomic E-state index is 0.574. The summed E-state index contributed by atoms with van der Waals surface area (Å²) >= 11 is 0. The van der Waals surface area contributed by atoms with E-state index < -0.39 is 0 Å². The van der Waals surface area contributed by atoms with Gasteiger partial charge in [-0.1, -0.05) is 12.1 Å². The summed E-state index contributed by atoms with van der Waals surface area (Å²) in [6, 6.07) is 7.87. The second kappa shape index (κ2) is 7.76. The van der Waals surface area contributed by atoms with E-state index in [4.69, 9.17) is 14.5 Å². The van der Waals surface area contributed by atoms with Crippen molar-refractivity contribution >= 4 is 5.82 Å². The van der Waals surface area contributed by atoms with Gasteiger partial charge in [-0.15, -0.1) is 0 Å². The molecule has 0 saturated carbocycles. The van der Waals surface area contributed by atoms with Crippen molar-refractivity contribution in [2.24, 2.45) is 0 Å². The van der Waals surface area contributed by atoms with Crippen LogP contribution < -0.4 is 10.1 Å². The van der Waals surface area contributed by atoms with Gasteiger partial charge >= 0.3 is 0 Å². The number of methoxy groups -OCH3 is 2. The number of aromatic nitrogens is 4. The van der Waals surface area contributed by atoms with Gasteiger partial charge in [0, 0.05) is 38.5 Å². The first-order chi connectivity index (χ1) is 12.3. The van der Waals surface area contributed by atoms with E-state index in [2.05, 4.69) is 15.3 Å². The number of benzene rings is 1. The van der Waals surface area contributed by atoms with E-state index in [9.17, 15) is 0 Å². The van der Waals surface area contributed by atoms with Crippen LogP contribution in [-0.2, 0) is 11.2 Å². The fraction of sp³-hybridized carbons (Fsp3) is 0.278. The van der Waals surface area contributed by atoms with E-state index in [0.29, 0.717) is 19.0 Å². The van der Waals surface area contributed by atoms with Gasteiger partial charge in [0.15, 0.2) is 0 Å². The molecule has 0 radical (unpaired) electrons. The maximum Gasteiger partial charge on any atom is 0.237 e. The quantitative estimate of drug-likeness (QED) is 0.713. The highest BCUT2D eigenvalue weighted by atomic mass is 16.5. The average molecular weight is 339 g/mol. The Bertz CT molecular complexity index is 816. The lowest BCUT2D eigenvalue weighted by Crippen LogP contribution is -2.10. The Balaban J connectivity index is 2.13. The molecule has 130 valence electrons. The standard InChI is InChI=1S/C18H21N5O2/c1-19-17-16(13-4-6-14(25-3)7-5-13)15(8-11-24-2)21-18(22-17)23-10-9-20-12-23/h4-7,9-10,12H,8,11H2,1-3H3,(H,19,21,22). The Kier molecular flexibility index (Phi) is 5.25. The zero-order valence-corrected chi connectivity index (χ0v) is 14.6. The van der Waals surface area contributed by atoms with Crippen LogP contribution in [0.2, 0.25) is 0 Å². The number of rotatable bonds is 7. The number of nitrogens with one attached hydrogen (secondary N) is 1. The summed E-state index contributed by atoms with van der Waals surface area (Å²) in [7, 11) is 5.19. The molecule has 0 atom stereocenters. The van der Waals surface area contributed by atoms with Crippen LogP contribution in [0.5, 0.6) is 5.75 Å². The second-order valence-corrected chi connectivity index (χ2v) is 5.39. The van der Waals surface area contributed by atoms with Crippen LogP contribution in [-0.4, -0.2) is 47.4 Å². The number of nitrogens with zero attached hydrogens (tertiary/aromatic N) is 4. The first-order valence-corrected chi connectivity index (χ1v) is 7.97. The largest absolute Gasteiger partial charge is 0.497 e. The van der Waals surface area contributed by atoms with Crippen molar-refractivity contribution in [2.75, 3.05) is 33.2 Å². The number of anilines is 1. The lowest BCUT2D eigenvalue weighted by atomic mass is 10.0. The van der Waals surface area contributed by atoms with Gasteiger partial charge in [0.2, 0.25) is 5.95 Å². The smallest absolute Gasteiger partial charge is 0.237 e. The summed E-state index contributed by atoms with van der Waals surface area (Å²) in [6.45, 7) is 0.576. The summed E-state index contributed by atoms with van der Waals surface area (Å²) in [4.78, 5) is 13.5. The normalized spacial score (nSPS) is 10.7. The molecule has 0 aliphatic heterocycles. The molecule has 0 amide bonds. The first-order valence-electron chi connectivity index (χ1n) is 7.97. The molecular formula is C18H21N5O2. The molecule has 3 aromatic rings. The van der Waals surface area contributed by atoms with E-state index in [1.165, 1.54) is 0 Å². The molecule has 0 bridgehead atoms. The van der Waals surface area contributed by atoms with Crippen LogP contribution in [0.3, 0.4) is 0 Å². The number of hydrogen-bond acceptors (Lipinski definition) is 6. The molecule has 25 heavy (non-hydrogen) atoms. The Morgan fingerprint density at radius 3 is 2.52 bits per heavy atom. The fourth-order valence-electron chi connectivity index (χ4n) is 2.61. The van der Waals surface area contributed by atoms with Gasteiger partial charge in [0.1, 0.15) is 17.9 Å². The molecule has 2 aromatic heterocycles. The van der Waals surface area contributed by atoms with Crippen molar-refractivity contribution in [3.63, 3.8) is 0 Å².